The molecule has 2 aromatic rings. The van der Waals surface area contributed by atoms with E-state index in [1.54, 1.807) is 0 Å². The summed E-state index contributed by atoms with van der Waals surface area (Å²) >= 11 is 7.36. The van der Waals surface area contributed by atoms with Crippen molar-refractivity contribution in [1.82, 2.24) is 4.31 Å². The third-order valence-electron chi connectivity index (χ3n) is 2.87. The van der Waals surface area contributed by atoms with Crippen LogP contribution >= 0.6 is 22.9 Å². The van der Waals surface area contributed by atoms with Gasteiger partial charge in [0.15, 0.2) is 0 Å². The molecule has 0 saturated carbocycles. The van der Waals surface area contributed by atoms with E-state index in [4.69, 9.17) is 17.3 Å². The van der Waals surface area contributed by atoms with Crippen molar-refractivity contribution < 1.29 is 8.42 Å². The van der Waals surface area contributed by atoms with Crippen molar-refractivity contribution >= 4 is 38.6 Å². The summed E-state index contributed by atoms with van der Waals surface area (Å²) in [6.07, 6.45) is 0. The van der Waals surface area contributed by atoms with E-state index in [-0.39, 0.29) is 10.6 Å². The summed E-state index contributed by atoms with van der Waals surface area (Å²) in [6, 6.07) is 8.20. The molecule has 1 aromatic carbocycles. The van der Waals surface area contributed by atoms with Crippen molar-refractivity contribution in [3.8, 4) is 0 Å². The SMILES string of the molecule is CCN(Cc1cccs1)S(=O)(=O)c1ccc(Cl)c(N)c1. The maximum absolute atomic E-state index is 12.6. The number of hydrogen-bond donors (Lipinski definition) is 1. The fraction of sp³-hybridized carbons (Fsp3) is 0.231. The summed E-state index contributed by atoms with van der Waals surface area (Å²) in [5, 5.41) is 2.28. The Kier molecular flexibility index (Phi) is 4.70. The number of rotatable bonds is 5. The molecule has 0 saturated heterocycles. The highest BCUT2D eigenvalue weighted by Gasteiger charge is 2.24. The molecule has 0 aliphatic carbocycles. The first kappa shape index (κ1) is 15.3. The van der Waals surface area contributed by atoms with Gasteiger partial charge in [-0.25, -0.2) is 8.42 Å². The van der Waals surface area contributed by atoms with Crippen molar-refractivity contribution in [3.63, 3.8) is 0 Å². The maximum Gasteiger partial charge on any atom is 0.243 e. The Balaban J connectivity index is 2.33. The van der Waals surface area contributed by atoms with E-state index < -0.39 is 10.0 Å². The second-order valence-corrected chi connectivity index (χ2v) is 7.57. The number of hydrogen-bond acceptors (Lipinski definition) is 4. The topological polar surface area (TPSA) is 63.4 Å². The molecule has 0 aliphatic rings. The van der Waals surface area contributed by atoms with Crippen LogP contribution in [0.5, 0.6) is 0 Å². The van der Waals surface area contributed by atoms with Crippen LogP contribution in [0, 0.1) is 0 Å². The van der Waals surface area contributed by atoms with E-state index in [0.717, 1.165) is 4.88 Å². The molecule has 1 heterocycles. The summed E-state index contributed by atoms with van der Waals surface area (Å²) < 4.78 is 26.6. The maximum atomic E-state index is 12.6. The highest BCUT2D eigenvalue weighted by molar-refractivity contribution is 7.89. The smallest absolute Gasteiger partial charge is 0.243 e. The lowest BCUT2D eigenvalue weighted by Gasteiger charge is -2.20. The van der Waals surface area contributed by atoms with Gasteiger partial charge in [-0.1, -0.05) is 24.6 Å². The van der Waals surface area contributed by atoms with Gasteiger partial charge in [0, 0.05) is 18.0 Å². The minimum Gasteiger partial charge on any atom is -0.397 e. The standard InChI is InChI=1S/C13H15ClN2O2S2/c1-2-16(9-10-4-3-7-19-10)20(17,18)11-5-6-12(14)13(15)8-11/h3-8H,2,9,15H2,1H3. The number of benzene rings is 1. The lowest BCUT2D eigenvalue weighted by molar-refractivity contribution is 0.426. The molecule has 7 heteroatoms. The summed E-state index contributed by atoms with van der Waals surface area (Å²) in [4.78, 5) is 1.16. The number of thiophene rings is 1. The van der Waals surface area contributed by atoms with Gasteiger partial charge in [-0.05, 0) is 29.6 Å². The normalized spacial score (nSPS) is 11.9. The fourth-order valence-electron chi connectivity index (χ4n) is 1.77. The van der Waals surface area contributed by atoms with Gasteiger partial charge in [-0.15, -0.1) is 11.3 Å². The van der Waals surface area contributed by atoms with Gasteiger partial charge >= 0.3 is 0 Å². The lowest BCUT2D eigenvalue weighted by atomic mass is 10.3. The first-order valence-corrected chi connectivity index (χ1v) is 8.72. The number of halogens is 1. The average molecular weight is 331 g/mol. The van der Waals surface area contributed by atoms with Gasteiger partial charge in [0.2, 0.25) is 10.0 Å². The predicted octanol–water partition coefficient (Wildman–Crippen LogP) is 3.19. The van der Waals surface area contributed by atoms with Crippen LogP contribution in [0.2, 0.25) is 5.02 Å². The van der Waals surface area contributed by atoms with E-state index in [9.17, 15) is 8.42 Å². The summed E-state index contributed by atoms with van der Waals surface area (Å²) in [6.45, 7) is 2.56. The molecule has 2 rings (SSSR count). The van der Waals surface area contributed by atoms with E-state index >= 15 is 0 Å². The molecule has 4 nitrogen and oxygen atoms in total. The Morgan fingerprint density at radius 2 is 2.10 bits per heavy atom. The number of nitrogens with zero attached hydrogens (tertiary/aromatic N) is 1. The molecule has 0 spiro atoms. The average Bonchev–Trinajstić information content (AvgIpc) is 2.91. The zero-order chi connectivity index (χ0) is 14.8. The van der Waals surface area contributed by atoms with Crippen LogP contribution < -0.4 is 5.73 Å². The van der Waals surface area contributed by atoms with E-state index in [0.29, 0.717) is 18.1 Å². The van der Waals surface area contributed by atoms with Crippen molar-refractivity contribution in [2.24, 2.45) is 0 Å². The van der Waals surface area contributed by atoms with Crippen molar-refractivity contribution in [2.45, 2.75) is 18.4 Å². The third kappa shape index (κ3) is 3.15. The van der Waals surface area contributed by atoms with Crippen LogP contribution in [0.15, 0.2) is 40.6 Å². The van der Waals surface area contributed by atoms with Gasteiger partial charge in [0.25, 0.3) is 0 Å². The molecule has 2 N–H and O–H groups in total. The molecule has 0 unspecified atom stereocenters. The van der Waals surface area contributed by atoms with Crippen LogP contribution in [0.3, 0.4) is 0 Å². The molecule has 20 heavy (non-hydrogen) atoms. The summed E-state index contributed by atoms with van der Waals surface area (Å²) in [5.74, 6) is 0. The second kappa shape index (κ2) is 6.13. The molecule has 0 fully saturated rings. The van der Waals surface area contributed by atoms with Gasteiger partial charge in [-0.2, -0.15) is 4.31 Å². The molecular weight excluding hydrogens is 316 g/mol. The molecule has 0 bridgehead atoms. The minimum atomic E-state index is -3.57. The number of sulfonamides is 1. The third-order valence-corrected chi connectivity index (χ3v) is 5.99. The highest BCUT2D eigenvalue weighted by Crippen LogP contribution is 2.25. The van der Waals surface area contributed by atoms with Crippen molar-refractivity contribution in [2.75, 3.05) is 12.3 Å². The van der Waals surface area contributed by atoms with Crippen LogP contribution in [0.25, 0.3) is 0 Å². The van der Waals surface area contributed by atoms with Gasteiger partial charge in [0.05, 0.1) is 15.6 Å². The summed E-state index contributed by atoms with van der Waals surface area (Å²) in [7, 11) is -3.57. The monoisotopic (exact) mass is 330 g/mol. The zero-order valence-corrected chi connectivity index (χ0v) is 13.3. The van der Waals surface area contributed by atoms with Crippen LogP contribution in [-0.2, 0) is 16.6 Å². The quantitative estimate of drug-likeness (QED) is 0.856. The molecular formula is C13H15ClN2O2S2. The minimum absolute atomic E-state index is 0.165. The Morgan fingerprint density at radius 3 is 2.65 bits per heavy atom. The predicted molar refractivity (Wildman–Crippen MR) is 83.5 cm³/mol. The molecule has 0 aliphatic heterocycles. The van der Waals surface area contributed by atoms with Crippen LogP contribution in [0.4, 0.5) is 5.69 Å². The number of anilines is 1. The van der Waals surface area contributed by atoms with E-state index in [1.165, 1.54) is 33.8 Å². The number of nitrogen functional groups attached to an aromatic ring is 1. The van der Waals surface area contributed by atoms with Crippen molar-refractivity contribution in [1.29, 1.82) is 0 Å². The van der Waals surface area contributed by atoms with E-state index in [1.807, 2.05) is 24.4 Å². The first-order valence-electron chi connectivity index (χ1n) is 6.02. The lowest BCUT2D eigenvalue weighted by Crippen LogP contribution is -2.30. The van der Waals surface area contributed by atoms with Gasteiger partial charge in [-0.3, -0.25) is 0 Å². The van der Waals surface area contributed by atoms with Crippen LogP contribution in [0.1, 0.15) is 11.8 Å². The fourth-order valence-corrected chi connectivity index (χ4v) is 4.16. The molecule has 0 amide bonds. The van der Waals surface area contributed by atoms with Crippen LogP contribution in [-0.4, -0.2) is 19.3 Å². The van der Waals surface area contributed by atoms with Gasteiger partial charge < -0.3 is 5.73 Å². The molecule has 108 valence electrons. The molecule has 0 atom stereocenters. The Morgan fingerprint density at radius 1 is 1.35 bits per heavy atom. The summed E-state index contributed by atoms with van der Waals surface area (Å²) in [5.41, 5.74) is 5.95. The van der Waals surface area contributed by atoms with E-state index in [2.05, 4.69) is 0 Å². The molecule has 0 radical (unpaired) electrons. The number of nitrogens with two attached hydrogens (primary N) is 1. The first-order chi connectivity index (χ1) is 9.45. The Hall–Kier alpha value is -1.08. The largest absolute Gasteiger partial charge is 0.397 e. The van der Waals surface area contributed by atoms with Gasteiger partial charge in [0.1, 0.15) is 0 Å². The highest BCUT2D eigenvalue weighted by atomic mass is 35.5. The zero-order valence-electron chi connectivity index (χ0n) is 10.9. The molecule has 1 aromatic heterocycles. The Bertz CT molecular complexity index is 684. The van der Waals surface area contributed by atoms with Crippen molar-refractivity contribution in [3.05, 3.63) is 45.6 Å². The Labute approximate surface area is 127 Å². The second-order valence-electron chi connectivity index (χ2n) is 4.19.